The van der Waals surface area contributed by atoms with Crippen molar-refractivity contribution in [2.24, 2.45) is 17.4 Å². The van der Waals surface area contributed by atoms with Gasteiger partial charge in [0.15, 0.2) is 0 Å². The highest BCUT2D eigenvalue weighted by Crippen LogP contribution is 2.39. The van der Waals surface area contributed by atoms with Gasteiger partial charge in [-0.1, -0.05) is 25.5 Å². The standard InChI is InChI=1S/C15H25BN2O2/c1-2-12-10-16(12)7-8-20-15(19)14(18)9-11-3-5-13(17)6-4-11/h11-14H,2-6,9-10,17-18H2,1H3/t11?,12-,13?,14?/m1/s1. The summed E-state index contributed by atoms with van der Waals surface area (Å²) in [5.74, 6) is 3.79. The summed E-state index contributed by atoms with van der Waals surface area (Å²) in [6.07, 6.45) is 9.70. The first-order valence-electron chi connectivity index (χ1n) is 7.82. The van der Waals surface area contributed by atoms with E-state index in [9.17, 15) is 4.79 Å². The maximum Gasteiger partial charge on any atom is 0.336 e. The molecule has 0 aromatic heterocycles. The Kier molecular flexibility index (Phi) is 5.50. The summed E-state index contributed by atoms with van der Waals surface area (Å²) in [5, 5.41) is 0. The minimum Gasteiger partial charge on any atom is -0.372 e. The molecule has 0 amide bonds. The summed E-state index contributed by atoms with van der Waals surface area (Å²) < 4.78 is 4.96. The van der Waals surface area contributed by atoms with Gasteiger partial charge in [0.05, 0.1) is 0 Å². The van der Waals surface area contributed by atoms with Crippen LogP contribution in [0, 0.1) is 17.8 Å². The van der Waals surface area contributed by atoms with Crippen molar-refractivity contribution < 1.29 is 9.53 Å². The fourth-order valence-corrected chi connectivity index (χ4v) is 2.99. The minimum absolute atomic E-state index is 0.324. The van der Waals surface area contributed by atoms with Crippen molar-refractivity contribution in [3.8, 4) is 11.9 Å². The lowest BCUT2D eigenvalue weighted by atomic mass is 9.68. The van der Waals surface area contributed by atoms with Crippen LogP contribution in [0.2, 0.25) is 12.1 Å². The number of rotatable bonds is 4. The van der Waals surface area contributed by atoms with Crippen molar-refractivity contribution in [2.75, 3.05) is 0 Å². The van der Waals surface area contributed by atoms with Crippen LogP contribution in [0.3, 0.4) is 0 Å². The van der Waals surface area contributed by atoms with E-state index < -0.39 is 6.04 Å². The molecule has 2 fully saturated rings. The van der Waals surface area contributed by atoms with Crippen LogP contribution < -0.4 is 11.5 Å². The van der Waals surface area contributed by atoms with Crippen LogP contribution >= 0.6 is 0 Å². The monoisotopic (exact) mass is 276 g/mol. The Hall–Kier alpha value is -0.985. The maximum absolute atomic E-state index is 11.8. The molecule has 2 atom stereocenters. The van der Waals surface area contributed by atoms with E-state index in [2.05, 4.69) is 18.9 Å². The van der Waals surface area contributed by atoms with Gasteiger partial charge in [-0.25, -0.2) is 4.79 Å². The molecule has 1 aliphatic carbocycles. The van der Waals surface area contributed by atoms with Gasteiger partial charge in [0, 0.05) is 6.04 Å². The summed E-state index contributed by atoms with van der Waals surface area (Å²) in [7, 11) is 0. The lowest BCUT2D eigenvalue weighted by Gasteiger charge is -2.27. The van der Waals surface area contributed by atoms with Gasteiger partial charge >= 0.3 is 5.97 Å². The van der Waals surface area contributed by atoms with E-state index >= 15 is 0 Å². The van der Waals surface area contributed by atoms with Crippen LogP contribution in [0.5, 0.6) is 0 Å². The number of nitrogens with two attached hydrogens (primary N) is 2. The van der Waals surface area contributed by atoms with Crippen molar-refractivity contribution in [2.45, 2.75) is 69.7 Å². The number of esters is 1. The number of hydrogen-bond donors (Lipinski definition) is 2. The molecule has 1 saturated carbocycles. The van der Waals surface area contributed by atoms with Gasteiger partial charge in [0.2, 0.25) is 6.71 Å². The van der Waals surface area contributed by atoms with Gasteiger partial charge < -0.3 is 16.2 Å². The van der Waals surface area contributed by atoms with Crippen molar-refractivity contribution in [1.29, 1.82) is 0 Å². The topological polar surface area (TPSA) is 78.3 Å². The Bertz CT molecular complexity index is 396. The minimum atomic E-state index is -0.551. The number of hydrogen-bond acceptors (Lipinski definition) is 4. The van der Waals surface area contributed by atoms with Crippen LogP contribution in [0.1, 0.15) is 45.4 Å². The zero-order valence-corrected chi connectivity index (χ0v) is 12.3. The molecule has 0 spiro atoms. The molecular weight excluding hydrogens is 251 g/mol. The van der Waals surface area contributed by atoms with Crippen LogP contribution in [0.25, 0.3) is 0 Å². The van der Waals surface area contributed by atoms with Gasteiger partial charge in [-0.2, -0.15) is 0 Å². The lowest BCUT2D eigenvalue weighted by molar-refractivity contribution is -0.138. The van der Waals surface area contributed by atoms with Gasteiger partial charge in [-0.15, -0.1) is 5.82 Å². The molecule has 110 valence electrons. The summed E-state index contributed by atoms with van der Waals surface area (Å²) >= 11 is 0. The Labute approximate surface area is 122 Å². The quantitative estimate of drug-likeness (QED) is 0.464. The zero-order chi connectivity index (χ0) is 14.5. The second-order valence-corrected chi connectivity index (χ2v) is 6.30. The molecule has 5 heteroatoms. The Morgan fingerprint density at radius 1 is 1.40 bits per heavy atom. The molecule has 0 aromatic rings. The average molecular weight is 276 g/mol. The molecule has 2 rings (SSSR count). The van der Waals surface area contributed by atoms with Crippen molar-refractivity contribution in [3.63, 3.8) is 0 Å². The van der Waals surface area contributed by atoms with Crippen LogP contribution in [0.4, 0.5) is 0 Å². The lowest BCUT2D eigenvalue weighted by Crippen LogP contribution is -2.35. The first kappa shape index (κ1) is 15.4. The summed E-state index contributed by atoms with van der Waals surface area (Å²) in [5.41, 5.74) is 11.8. The first-order chi connectivity index (χ1) is 9.60. The summed E-state index contributed by atoms with van der Waals surface area (Å²) in [6.45, 7) is 2.58. The van der Waals surface area contributed by atoms with E-state index in [4.69, 9.17) is 16.2 Å². The van der Waals surface area contributed by atoms with Gasteiger partial charge in [0.1, 0.15) is 12.1 Å². The zero-order valence-electron chi connectivity index (χ0n) is 12.3. The fourth-order valence-electron chi connectivity index (χ4n) is 2.99. The normalized spacial score (nSPS) is 30.1. The van der Waals surface area contributed by atoms with Gasteiger partial charge in [-0.3, -0.25) is 0 Å². The largest absolute Gasteiger partial charge is 0.372 e. The maximum atomic E-state index is 11.8. The summed E-state index contributed by atoms with van der Waals surface area (Å²) in [4.78, 5) is 11.8. The molecule has 0 bridgehead atoms. The molecule has 4 N–H and O–H groups in total. The van der Waals surface area contributed by atoms with Crippen molar-refractivity contribution >= 4 is 12.7 Å². The molecular formula is C15H25BN2O2. The van der Waals surface area contributed by atoms with E-state index in [0.29, 0.717) is 30.9 Å². The Morgan fingerprint density at radius 3 is 2.70 bits per heavy atom. The highest BCUT2D eigenvalue weighted by molar-refractivity contribution is 6.79. The van der Waals surface area contributed by atoms with E-state index in [0.717, 1.165) is 38.4 Å². The highest BCUT2D eigenvalue weighted by Gasteiger charge is 2.38. The fraction of sp³-hybridized carbons (Fsp3) is 0.800. The third kappa shape index (κ3) is 4.54. The number of ether oxygens (including phenoxy) is 1. The molecule has 0 radical (unpaired) electrons. The number of carbonyl (C=O) groups is 1. The van der Waals surface area contributed by atoms with E-state index in [-0.39, 0.29) is 5.97 Å². The molecule has 1 heterocycles. The Balaban J connectivity index is 1.67. The van der Waals surface area contributed by atoms with Crippen LogP contribution in [-0.4, -0.2) is 24.8 Å². The third-order valence-electron chi connectivity index (χ3n) is 4.62. The Morgan fingerprint density at radius 2 is 2.10 bits per heavy atom. The number of carbonyl (C=O) groups excluding carboxylic acids is 1. The molecule has 1 aliphatic heterocycles. The predicted octanol–water partition coefficient (Wildman–Crippen LogP) is 1.55. The van der Waals surface area contributed by atoms with E-state index in [1.807, 2.05) is 0 Å². The smallest absolute Gasteiger partial charge is 0.336 e. The van der Waals surface area contributed by atoms with E-state index in [1.165, 1.54) is 0 Å². The second kappa shape index (κ2) is 7.15. The highest BCUT2D eigenvalue weighted by atomic mass is 16.5. The molecule has 1 saturated heterocycles. The molecule has 0 aromatic carbocycles. The average Bonchev–Trinajstić information content (AvgIpc) is 3.20. The predicted molar refractivity (Wildman–Crippen MR) is 81.0 cm³/mol. The second-order valence-electron chi connectivity index (χ2n) is 6.30. The van der Waals surface area contributed by atoms with Crippen molar-refractivity contribution in [3.05, 3.63) is 0 Å². The first-order valence-corrected chi connectivity index (χ1v) is 7.82. The van der Waals surface area contributed by atoms with E-state index in [1.54, 1.807) is 0 Å². The van der Waals surface area contributed by atoms with Crippen molar-refractivity contribution in [1.82, 2.24) is 0 Å². The SMILES string of the molecule is CC[C@@H]1CB1C#COC(=O)C(N)CC1CCC(N)CC1. The van der Waals surface area contributed by atoms with Gasteiger partial charge in [-0.05, 0) is 38.0 Å². The van der Waals surface area contributed by atoms with Gasteiger partial charge in [0.25, 0.3) is 0 Å². The molecule has 2 aliphatic rings. The third-order valence-corrected chi connectivity index (χ3v) is 4.62. The van der Waals surface area contributed by atoms with Crippen LogP contribution in [0.15, 0.2) is 0 Å². The molecule has 1 unspecified atom stereocenters. The van der Waals surface area contributed by atoms with Crippen LogP contribution in [-0.2, 0) is 9.53 Å². The molecule has 4 nitrogen and oxygen atoms in total. The summed E-state index contributed by atoms with van der Waals surface area (Å²) in [6, 6.07) is -0.227. The molecule has 20 heavy (non-hydrogen) atoms.